The summed E-state index contributed by atoms with van der Waals surface area (Å²) in [6, 6.07) is 12.3. The number of methoxy groups -OCH3 is 1. The number of ether oxygens (including phenoxy) is 1. The minimum atomic E-state index is 0.781. The van der Waals surface area contributed by atoms with Crippen LogP contribution in [0.3, 0.4) is 0 Å². The zero-order chi connectivity index (χ0) is 13.8. The molecule has 0 aromatic heterocycles. The lowest BCUT2D eigenvalue weighted by molar-refractivity contribution is 0.412. The maximum absolute atomic E-state index is 5.22. The molecule has 0 aliphatic rings. The van der Waals surface area contributed by atoms with Gasteiger partial charge in [-0.1, -0.05) is 22.0 Å². The number of rotatable bonds is 4. The van der Waals surface area contributed by atoms with Crippen LogP contribution in [0.1, 0.15) is 11.1 Å². The number of hydrogen-bond acceptors (Lipinski definition) is 2. The lowest BCUT2D eigenvalue weighted by Crippen LogP contribution is -2.00. The molecule has 2 aromatic rings. The average Bonchev–Trinajstić information content (AvgIpc) is 2.40. The third-order valence-electron chi connectivity index (χ3n) is 2.87. The number of aryl methyl sites for hydroxylation is 1. The lowest BCUT2D eigenvalue weighted by atomic mass is 10.2. The summed E-state index contributed by atoms with van der Waals surface area (Å²) in [6.45, 7) is 2.86. The van der Waals surface area contributed by atoms with E-state index in [1.165, 1.54) is 11.1 Å². The van der Waals surface area contributed by atoms with Gasteiger partial charge < -0.3 is 10.1 Å². The Hall–Kier alpha value is -1.000. The first-order valence-corrected chi connectivity index (χ1v) is 7.51. The third-order valence-corrected chi connectivity index (χ3v) is 4.38. The van der Waals surface area contributed by atoms with Crippen LogP contribution >= 0.6 is 31.9 Å². The van der Waals surface area contributed by atoms with E-state index in [2.05, 4.69) is 74.4 Å². The van der Waals surface area contributed by atoms with Gasteiger partial charge in [0.1, 0.15) is 5.75 Å². The molecule has 0 spiro atoms. The summed E-state index contributed by atoms with van der Waals surface area (Å²) in [7, 11) is 1.67. The highest BCUT2D eigenvalue weighted by atomic mass is 79.9. The van der Waals surface area contributed by atoms with Crippen LogP contribution in [0.25, 0.3) is 0 Å². The molecule has 0 amide bonds. The van der Waals surface area contributed by atoms with E-state index in [1.54, 1.807) is 7.11 Å². The summed E-state index contributed by atoms with van der Waals surface area (Å²) < 4.78 is 7.32. The van der Waals surface area contributed by atoms with E-state index >= 15 is 0 Å². The molecular formula is C15H15Br2NO. The highest BCUT2D eigenvalue weighted by Crippen LogP contribution is 2.26. The summed E-state index contributed by atoms with van der Waals surface area (Å²) in [5.74, 6) is 0.850. The fraction of sp³-hybridized carbons (Fsp3) is 0.200. The molecule has 2 rings (SSSR count). The second-order valence-corrected chi connectivity index (χ2v) is 6.00. The van der Waals surface area contributed by atoms with Crippen molar-refractivity contribution < 1.29 is 4.74 Å². The molecular weight excluding hydrogens is 370 g/mol. The average molecular weight is 385 g/mol. The van der Waals surface area contributed by atoms with Crippen LogP contribution in [-0.2, 0) is 6.54 Å². The maximum Gasteiger partial charge on any atom is 0.133 e. The lowest BCUT2D eigenvalue weighted by Gasteiger charge is -2.10. The standard InChI is InChI=1S/C15H15Br2NO/c1-10-7-12(4-5-13(10)16)18-9-11-3-6-15(19-2)14(17)8-11/h3-8,18H,9H2,1-2H3. The summed E-state index contributed by atoms with van der Waals surface area (Å²) in [6.07, 6.45) is 0. The highest BCUT2D eigenvalue weighted by Gasteiger charge is 2.02. The first-order chi connectivity index (χ1) is 9.10. The molecule has 100 valence electrons. The summed E-state index contributed by atoms with van der Waals surface area (Å²) >= 11 is 7.00. The van der Waals surface area contributed by atoms with E-state index in [9.17, 15) is 0 Å². The SMILES string of the molecule is COc1ccc(CNc2ccc(Br)c(C)c2)cc1Br. The first-order valence-electron chi connectivity index (χ1n) is 5.92. The Labute approximate surface area is 130 Å². The Kier molecular flexibility index (Phi) is 4.88. The van der Waals surface area contributed by atoms with Gasteiger partial charge in [0.15, 0.2) is 0 Å². The fourth-order valence-electron chi connectivity index (χ4n) is 1.78. The molecule has 19 heavy (non-hydrogen) atoms. The van der Waals surface area contributed by atoms with E-state index in [4.69, 9.17) is 4.74 Å². The monoisotopic (exact) mass is 383 g/mol. The van der Waals surface area contributed by atoms with Crippen LogP contribution in [0.15, 0.2) is 45.3 Å². The summed E-state index contributed by atoms with van der Waals surface area (Å²) in [4.78, 5) is 0. The predicted molar refractivity (Wildman–Crippen MR) is 86.9 cm³/mol. The summed E-state index contributed by atoms with van der Waals surface area (Å²) in [5.41, 5.74) is 3.54. The van der Waals surface area contributed by atoms with Gasteiger partial charge >= 0.3 is 0 Å². The molecule has 0 atom stereocenters. The van der Waals surface area contributed by atoms with Gasteiger partial charge in [-0.05, 0) is 64.3 Å². The second-order valence-electron chi connectivity index (χ2n) is 4.29. The number of hydrogen-bond donors (Lipinski definition) is 1. The Balaban J connectivity index is 2.05. The zero-order valence-corrected chi connectivity index (χ0v) is 14.0. The minimum Gasteiger partial charge on any atom is -0.496 e. The van der Waals surface area contributed by atoms with Crippen molar-refractivity contribution in [1.82, 2.24) is 0 Å². The topological polar surface area (TPSA) is 21.3 Å². The summed E-state index contributed by atoms with van der Waals surface area (Å²) in [5, 5.41) is 3.41. The largest absolute Gasteiger partial charge is 0.496 e. The third kappa shape index (κ3) is 3.74. The second kappa shape index (κ2) is 6.44. The van der Waals surface area contributed by atoms with Gasteiger partial charge in [-0.15, -0.1) is 0 Å². The normalized spacial score (nSPS) is 10.3. The minimum absolute atomic E-state index is 0.781. The van der Waals surface area contributed by atoms with Gasteiger partial charge in [-0.3, -0.25) is 0 Å². The number of nitrogens with one attached hydrogen (secondary N) is 1. The smallest absolute Gasteiger partial charge is 0.133 e. The predicted octanol–water partition coefficient (Wildman–Crippen LogP) is 5.14. The van der Waals surface area contributed by atoms with Gasteiger partial charge in [0.2, 0.25) is 0 Å². The van der Waals surface area contributed by atoms with E-state index < -0.39 is 0 Å². The Morgan fingerprint density at radius 2 is 1.84 bits per heavy atom. The molecule has 0 aliphatic carbocycles. The zero-order valence-electron chi connectivity index (χ0n) is 10.8. The van der Waals surface area contributed by atoms with Crippen LogP contribution in [-0.4, -0.2) is 7.11 Å². The van der Waals surface area contributed by atoms with Crippen molar-refractivity contribution in [3.05, 3.63) is 56.5 Å². The van der Waals surface area contributed by atoms with E-state index in [-0.39, 0.29) is 0 Å². The fourth-order valence-corrected chi connectivity index (χ4v) is 2.61. The molecule has 0 heterocycles. The van der Waals surface area contributed by atoms with Gasteiger partial charge in [-0.25, -0.2) is 0 Å². The molecule has 0 fully saturated rings. The van der Waals surface area contributed by atoms with E-state index in [0.29, 0.717) is 0 Å². The van der Waals surface area contributed by atoms with Crippen molar-refractivity contribution in [1.29, 1.82) is 0 Å². The van der Waals surface area contributed by atoms with Crippen molar-refractivity contribution in [3.8, 4) is 5.75 Å². The van der Waals surface area contributed by atoms with Crippen LogP contribution in [0, 0.1) is 6.92 Å². The van der Waals surface area contributed by atoms with Crippen molar-refractivity contribution in [2.45, 2.75) is 13.5 Å². The van der Waals surface area contributed by atoms with Crippen molar-refractivity contribution in [2.75, 3.05) is 12.4 Å². The molecule has 0 saturated carbocycles. The van der Waals surface area contributed by atoms with Crippen LogP contribution in [0.2, 0.25) is 0 Å². The molecule has 0 bridgehead atoms. The molecule has 0 aliphatic heterocycles. The highest BCUT2D eigenvalue weighted by molar-refractivity contribution is 9.10. The Morgan fingerprint density at radius 1 is 1.05 bits per heavy atom. The van der Waals surface area contributed by atoms with E-state index in [0.717, 1.165) is 26.9 Å². The maximum atomic E-state index is 5.22. The molecule has 0 saturated heterocycles. The van der Waals surface area contributed by atoms with Crippen molar-refractivity contribution in [3.63, 3.8) is 0 Å². The molecule has 1 N–H and O–H groups in total. The Morgan fingerprint density at radius 3 is 2.47 bits per heavy atom. The number of benzene rings is 2. The van der Waals surface area contributed by atoms with Crippen molar-refractivity contribution >= 4 is 37.5 Å². The Bertz CT molecular complexity index is 584. The molecule has 0 radical (unpaired) electrons. The van der Waals surface area contributed by atoms with E-state index in [1.807, 2.05) is 6.07 Å². The van der Waals surface area contributed by atoms with Crippen LogP contribution in [0.5, 0.6) is 5.75 Å². The van der Waals surface area contributed by atoms with Gasteiger partial charge in [0.25, 0.3) is 0 Å². The number of anilines is 1. The van der Waals surface area contributed by atoms with Crippen LogP contribution < -0.4 is 10.1 Å². The van der Waals surface area contributed by atoms with Gasteiger partial charge in [0.05, 0.1) is 11.6 Å². The van der Waals surface area contributed by atoms with Crippen molar-refractivity contribution in [2.24, 2.45) is 0 Å². The molecule has 2 aromatic carbocycles. The quantitative estimate of drug-likeness (QED) is 0.787. The van der Waals surface area contributed by atoms with Gasteiger partial charge in [-0.2, -0.15) is 0 Å². The van der Waals surface area contributed by atoms with Crippen LogP contribution in [0.4, 0.5) is 5.69 Å². The first kappa shape index (κ1) is 14.4. The molecule has 2 nitrogen and oxygen atoms in total. The molecule has 4 heteroatoms. The molecule has 0 unspecified atom stereocenters. The number of halogens is 2. The van der Waals surface area contributed by atoms with Gasteiger partial charge in [0, 0.05) is 16.7 Å².